The number of alkyl halides is 3. The zero-order chi connectivity index (χ0) is 15.0. The van der Waals surface area contributed by atoms with Crippen LogP contribution in [0, 0.1) is 5.82 Å². The van der Waals surface area contributed by atoms with Crippen molar-refractivity contribution in [3.05, 3.63) is 59.4 Å². The van der Waals surface area contributed by atoms with Crippen LogP contribution in [0.25, 0.3) is 0 Å². The summed E-state index contributed by atoms with van der Waals surface area (Å²) in [5.74, 6) is -0.557. The van der Waals surface area contributed by atoms with E-state index >= 15 is 0 Å². The van der Waals surface area contributed by atoms with Crippen LogP contribution in [0.15, 0.2) is 42.5 Å². The molecule has 0 radical (unpaired) electrons. The fraction of sp³-hybridized carbons (Fsp3) is 0.200. The van der Waals surface area contributed by atoms with Crippen LogP contribution in [0.2, 0.25) is 0 Å². The smallest absolute Gasteiger partial charge is 0.406 e. The van der Waals surface area contributed by atoms with Crippen molar-refractivity contribution in [1.82, 2.24) is 0 Å². The number of hydrogen-bond donors (Lipinski definition) is 1. The number of anilines is 1. The summed E-state index contributed by atoms with van der Waals surface area (Å²) in [6.07, 6.45) is -4.10. The number of ether oxygens (including phenoxy) is 1. The van der Waals surface area contributed by atoms with E-state index in [0.29, 0.717) is 6.42 Å². The zero-order valence-electron chi connectivity index (χ0n) is 10.7. The number of halogens is 4. The lowest BCUT2D eigenvalue weighted by atomic mass is 10.0. The highest BCUT2D eigenvalue weighted by Crippen LogP contribution is 2.35. The maximum atomic E-state index is 13.2. The van der Waals surface area contributed by atoms with Crippen LogP contribution in [-0.2, 0) is 6.42 Å². The number of nitrogens with one attached hydrogen (secondary N) is 1. The van der Waals surface area contributed by atoms with Gasteiger partial charge in [-0.1, -0.05) is 12.1 Å². The molecule has 2 aromatic rings. The van der Waals surface area contributed by atoms with E-state index in [2.05, 4.69) is 10.1 Å². The lowest BCUT2D eigenvalue weighted by Crippen LogP contribution is -2.17. The minimum Gasteiger partial charge on any atom is -0.406 e. The highest BCUT2D eigenvalue weighted by atomic mass is 19.4. The summed E-state index contributed by atoms with van der Waals surface area (Å²) in [6, 6.07) is 10.1. The maximum absolute atomic E-state index is 13.2. The Morgan fingerprint density at radius 1 is 1.05 bits per heavy atom. The molecule has 0 bridgehead atoms. The van der Waals surface area contributed by atoms with E-state index < -0.39 is 6.36 Å². The van der Waals surface area contributed by atoms with E-state index in [9.17, 15) is 17.6 Å². The van der Waals surface area contributed by atoms with E-state index in [1.165, 1.54) is 24.3 Å². The quantitative estimate of drug-likeness (QED) is 0.828. The van der Waals surface area contributed by atoms with Gasteiger partial charge < -0.3 is 10.1 Å². The van der Waals surface area contributed by atoms with Crippen molar-refractivity contribution in [2.45, 2.75) is 18.8 Å². The summed E-state index contributed by atoms with van der Waals surface area (Å²) in [4.78, 5) is 0. The molecule has 1 atom stereocenters. The normalized spacial score (nSPS) is 17.2. The average Bonchev–Trinajstić information content (AvgIpc) is 2.80. The molecule has 0 aromatic heterocycles. The molecule has 0 saturated heterocycles. The van der Waals surface area contributed by atoms with Crippen molar-refractivity contribution >= 4 is 5.69 Å². The predicted molar refractivity (Wildman–Crippen MR) is 69.6 cm³/mol. The van der Waals surface area contributed by atoms with Crippen LogP contribution in [0.3, 0.4) is 0 Å². The molecule has 1 aliphatic heterocycles. The second-order valence-electron chi connectivity index (χ2n) is 4.82. The third-order valence-corrected chi connectivity index (χ3v) is 3.34. The van der Waals surface area contributed by atoms with Crippen LogP contribution in [0.5, 0.6) is 5.75 Å². The molecule has 1 heterocycles. The molecule has 1 aliphatic rings. The van der Waals surface area contributed by atoms with Crippen LogP contribution in [0.1, 0.15) is 17.2 Å². The summed E-state index contributed by atoms with van der Waals surface area (Å²) in [7, 11) is 0. The number of rotatable bonds is 2. The van der Waals surface area contributed by atoms with Crippen molar-refractivity contribution in [1.29, 1.82) is 0 Å². The molecule has 1 unspecified atom stereocenters. The summed E-state index contributed by atoms with van der Waals surface area (Å²) < 4.78 is 53.2. The minimum atomic E-state index is -4.69. The average molecular weight is 297 g/mol. The molecule has 2 aromatic carbocycles. The number of hydrogen-bond acceptors (Lipinski definition) is 2. The number of benzene rings is 2. The highest BCUT2D eigenvalue weighted by Gasteiger charge is 2.31. The second kappa shape index (κ2) is 4.95. The standard InChI is InChI=1S/C15H11F4NO/c16-11-3-6-13-10(7-11)8-14(20-13)9-1-4-12(5-2-9)21-15(17,18)19/h1-7,14,20H,8H2. The lowest BCUT2D eigenvalue weighted by molar-refractivity contribution is -0.274. The van der Waals surface area contributed by atoms with Crippen LogP contribution in [0.4, 0.5) is 23.2 Å². The fourth-order valence-corrected chi connectivity index (χ4v) is 2.43. The van der Waals surface area contributed by atoms with Gasteiger partial charge in [0.05, 0.1) is 6.04 Å². The second-order valence-corrected chi connectivity index (χ2v) is 4.82. The third kappa shape index (κ3) is 3.09. The molecule has 0 spiro atoms. The van der Waals surface area contributed by atoms with E-state index in [-0.39, 0.29) is 17.6 Å². The van der Waals surface area contributed by atoms with Crippen molar-refractivity contribution in [2.24, 2.45) is 0 Å². The van der Waals surface area contributed by atoms with Crippen LogP contribution < -0.4 is 10.1 Å². The Bertz CT molecular complexity index is 652. The molecular weight excluding hydrogens is 286 g/mol. The van der Waals surface area contributed by atoms with Gasteiger partial charge in [-0.25, -0.2) is 4.39 Å². The number of fused-ring (bicyclic) bond motifs is 1. The van der Waals surface area contributed by atoms with Gasteiger partial charge in [0.25, 0.3) is 0 Å². The van der Waals surface area contributed by atoms with Crippen molar-refractivity contribution in [3.63, 3.8) is 0 Å². The molecule has 0 amide bonds. The lowest BCUT2D eigenvalue weighted by Gasteiger charge is -2.13. The van der Waals surface area contributed by atoms with E-state index in [1.807, 2.05) is 0 Å². The Kier molecular flexibility index (Phi) is 3.23. The van der Waals surface area contributed by atoms with Crippen molar-refractivity contribution in [3.8, 4) is 5.75 Å². The Morgan fingerprint density at radius 2 is 1.76 bits per heavy atom. The summed E-state index contributed by atoms with van der Waals surface area (Å²) in [5, 5.41) is 3.22. The minimum absolute atomic E-state index is 0.0817. The van der Waals surface area contributed by atoms with Gasteiger partial charge in [-0.3, -0.25) is 0 Å². The topological polar surface area (TPSA) is 21.3 Å². The first-order valence-corrected chi connectivity index (χ1v) is 6.31. The largest absolute Gasteiger partial charge is 0.573 e. The molecule has 0 aliphatic carbocycles. The molecule has 21 heavy (non-hydrogen) atoms. The Hall–Kier alpha value is -2.24. The Labute approximate surface area is 118 Å². The van der Waals surface area contributed by atoms with E-state index in [4.69, 9.17) is 0 Å². The van der Waals surface area contributed by atoms with Gasteiger partial charge in [0.15, 0.2) is 0 Å². The maximum Gasteiger partial charge on any atom is 0.573 e. The highest BCUT2D eigenvalue weighted by molar-refractivity contribution is 5.58. The molecule has 2 nitrogen and oxygen atoms in total. The van der Waals surface area contributed by atoms with Crippen LogP contribution in [-0.4, -0.2) is 6.36 Å². The van der Waals surface area contributed by atoms with E-state index in [1.54, 1.807) is 18.2 Å². The molecule has 6 heteroatoms. The summed E-state index contributed by atoms with van der Waals surface area (Å²) >= 11 is 0. The van der Waals surface area contributed by atoms with Gasteiger partial charge in [0, 0.05) is 5.69 Å². The van der Waals surface area contributed by atoms with Gasteiger partial charge >= 0.3 is 6.36 Å². The Morgan fingerprint density at radius 3 is 2.43 bits per heavy atom. The molecular formula is C15H11F4NO. The molecule has 110 valence electrons. The summed E-state index contributed by atoms with van der Waals surface area (Å²) in [5.41, 5.74) is 2.52. The van der Waals surface area contributed by atoms with Crippen molar-refractivity contribution in [2.75, 3.05) is 5.32 Å². The third-order valence-electron chi connectivity index (χ3n) is 3.34. The van der Waals surface area contributed by atoms with Gasteiger partial charge in [0.1, 0.15) is 11.6 Å². The summed E-state index contributed by atoms with van der Waals surface area (Å²) in [6.45, 7) is 0. The first-order valence-electron chi connectivity index (χ1n) is 6.31. The van der Waals surface area contributed by atoms with Gasteiger partial charge in [0.2, 0.25) is 0 Å². The van der Waals surface area contributed by atoms with Crippen LogP contribution >= 0.6 is 0 Å². The van der Waals surface area contributed by atoms with Gasteiger partial charge in [-0.15, -0.1) is 13.2 Å². The first-order chi connectivity index (χ1) is 9.90. The van der Waals surface area contributed by atoms with Gasteiger partial charge in [-0.05, 0) is 47.9 Å². The molecule has 1 N–H and O–H groups in total. The first kappa shape index (κ1) is 13.7. The molecule has 0 fully saturated rings. The monoisotopic (exact) mass is 297 g/mol. The van der Waals surface area contributed by atoms with Crippen molar-refractivity contribution < 1.29 is 22.3 Å². The molecule has 3 rings (SSSR count). The van der Waals surface area contributed by atoms with Gasteiger partial charge in [-0.2, -0.15) is 0 Å². The zero-order valence-corrected chi connectivity index (χ0v) is 10.7. The Balaban J connectivity index is 1.75. The SMILES string of the molecule is Fc1ccc2c(c1)CC(c1ccc(OC(F)(F)F)cc1)N2. The van der Waals surface area contributed by atoms with E-state index in [0.717, 1.165) is 16.8 Å². The molecule has 0 saturated carbocycles. The predicted octanol–water partition coefficient (Wildman–Crippen LogP) is 4.43. The fourth-order valence-electron chi connectivity index (χ4n) is 2.43.